The first-order valence-corrected chi connectivity index (χ1v) is 14.4. The first kappa shape index (κ1) is 33.8. The molecular formula is C32H36N2O10S. The highest BCUT2D eigenvalue weighted by Crippen LogP contribution is 2.45. The summed E-state index contributed by atoms with van der Waals surface area (Å²) in [6.07, 6.45) is -5.65. The third-order valence-electron chi connectivity index (χ3n) is 7.88. The van der Waals surface area contributed by atoms with Crippen molar-refractivity contribution in [3.63, 3.8) is 0 Å². The zero-order chi connectivity index (χ0) is 33.3. The number of nitrogens with one attached hydrogen (secondary N) is 2. The van der Waals surface area contributed by atoms with Crippen molar-refractivity contribution in [2.24, 2.45) is 0 Å². The average Bonchev–Trinajstić information content (AvgIpc) is 3.01. The lowest BCUT2D eigenvalue weighted by molar-refractivity contribution is -0.128. The number of phenolic OH excluding ortho intramolecular Hbond substituents is 1. The number of carbonyl (C=O) groups is 1. The Kier molecular flexibility index (Phi) is 10.1. The van der Waals surface area contributed by atoms with Crippen LogP contribution in [0.3, 0.4) is 0 Å². The van der Waals surface area contributed by atoms with E-state index in [1.54, 1.807) is 52.0 Å². The van der Waals surface area contributed by atoms with E-state index in [1.165, 1.54) is 13.2 Å². The highest BCUT2D eigenvalue weighted by Gasteiger charge is 2.32. The zero-order valence-corrected chi connectivity index (χ0v) is 26.2. The summed E-state index contributed by atoms with van der Waals surface area (Å²) in [6.45, 7) is 5.79. The Bertz CT molecular complexity index is 1800. The number of phenols is 1. The predicted molar refractivity (Wildman–Crippen MR) is 172 cm³/mol. The Morgan fingerprint density at radius 2 is 1.69 bits per heavy atom. The van der Waals surface area contributed by atoms with Gasteiger partial charge >= 0.3 is 5.97 Å². The number of fused-ring (bicyclic) bond motifs is 2. The van der Waals surface area contributed by atoms with E-state index in [1.807, 2.05) is 0 Å². The zero-order valence-electron chi connectivity index (χ0n) is 25.3. The molecule has 0 spiro atoms. The van der Waals surface area contributed by atoms with Gasteiger partial charge in [-0.3, -0.25) is 4.79 Å². The number of aliphatic hydroxyl groups excluding tert-OH is 4. The number of hydrogen-bond acceptors (Lipinski definition) is 10. The minimum absolute atomic E-state index is 0.00683. The molecule has 13 heteroatoms. The van der Waals surface area contributed by atoms with E-state index in [4.69, 9.17) is 26.5 Å². The van der Waals surface area contributed by atoms with Crippen LogP contribution < -0.4 is 16.1 Å². The van der Waals surface area contributed by atoms with Crippen molar-refractivity contribution in [2.75, 3.05) is 25.6 Å². The lowest BCUT2D eigenvalue weighted by atomic mass is 9.87. The van der Waals surface area contributed by atoms with Gasteiger partial charge in [0.15, 0.2) is 10.5 Å². The van der Waals surface area contributed by atoms with Crippen LogP contribution in [0.4, 0.5) is 5.69 Å². The fourth-order valence-electron chi connectivity index (χ4n) is 5.43. The predicted octanol–water partition coefficient (Wildman–Crippen LogP) is 2.58. The molecule has 0 saturated heterocycles. The number of methoxy groups -OCH3 is 1. The van der Waals surface area contributed by atoms with E-state index in [-0.39, 0.29) is 34.2 Å². The second-order valence-electron chi connectivity index (χ2n) is 11.0. The molecule has 1 aliphatic carbocycles. The van der Waals surface area contributed by atoms with Gasteiger partial charge in [-0.05, 0) is 80.9 Å². The maximum Gasteiger partial charge on any atom is 0.336 e. The highest BCUT2D eigenvalue weighted by atomic mass is 32.1. The van der Waals surface area contributed by atoms with E-state index < -0.39 is 37.0 Å². The minimum atomic E-state index is -1.55. The van der Waals surface area contributed by atoms with Gasteiger partial charge in [0.05, 0.1) is 18.3 Å². The number of benzene rings is 3. The third kappa shape index (κ3) is 6.50. The monoisotopic (exact) mass is 640 g/mol. The molecule has 2 aromatic rings. The Hall–Kier alpha value is -4.11. The normalized spacial score (nSPS) is 14.2. The number of ether oxygens (including phenoxy) is 1. The van der Waals surface area contributed by atoms with Crippen molar-refractivity contribution in [3.05, 3.63) is 68.4 Å². The van der Waals surface area contributed by atoms with Gasteiger partial charge in [0, 0.05) is 47.0 Å². The van der Waals surface area contributed by atoms with Crippen molar-refractivity contribution in [3.8, 4) is 28.2 Å². The fourth-order valence-corrected chi connectivity index (χ4v) is 5.63. The Labute approximate surface area is 263 Å². The summed E-state index contributed by atoms with van der Waals surface area (Å²) < 4.78 is 11.2. The number of rotatable bonds is 10. The molecule has 4 atom stereocenters. The van der Waals surface area contributed by atoms with Crippen molar-refractivity contribution in [1.29, 1.82) is 0 Å². The molecule has 0 bridgehead atoms. The number of aromatic hydroxyl groups is 1. The second kappa shape index (κ2) is 13.5. The molecule has 12 nitrogen and oxygen atoms in total. The molecule has 0 fully saturated rings. The van der Waals surface area contributed by atoms with Crippen LogP contribution in [0.5, 0.6) is 5.75 Å². The Morgan fingerprint density at radius 1 is 1.00 bits per heavy atom. The second-order valence-corrected chi connectivity index (χ2v) is 11.4. The SMILES string of the molecule is COC(C(O)CO)C(O)C(O)CNC(=S)Nc1ccc(-c2c3cc(C)c(=O)c(C)c-3oc3c(C)c(O)c(C)cc23)c(C(=O)O)c1. The average molecular weight is 641 g/mol. The molecule has 1 aliphatic heterocycles. The maximum absolute atomic E-state index is 12.8. The summed E-state index contributed by atoms with van der Waals surface area (Å²) in [5.74, 6) is -0.920. The quantitative estimate of drug-likeness (QED) is 0.0929. The fraction of sp³-hybridized carbons (Fsp3) is 0.344. The van der Waals surface area contributed by atoms with Crippen molar-refractivity contribution in [1.82, 2.24) is 5.32 Å². The van der Waals surface area contributed by atoms with E-state index in [9.17, 15) is 35.1 Å². The number of anilines is 1. The van der Waals surface area contributed by atoms with Crippen molar-refractivity contribution in [2.45, 2.75) is 52.1 Å². The van der Waals surface area contributed by atoms with Crippen molar-refractivity contribution >= 4 is 40.0 Å². The topological polar surface area (TPSA) is 202 Å². The number of carboxylic acid groups (broad SMARTS) is 1. The van der Waals surface area contributed by atoms with Crippen molar-refractivity contribution < 1.29 is 44.6 Å². The van der Waals surface area contributed by atoms with Gasteiger partial charge in [0.1, 0.15) is 35.4 Å². The van der Waals surface area contributed by atoms with Crippen LogP contribution in [0.1, 0.15) is 32.6 Å². The largest absolute Gasteiger partial charge is 0.507 e. The molecular weight excluding hydrogens is 604 g/mol. The Morgan fingerprint density at radius 3 is 2.31 bits per heavy atom. The molecule has 4 unspecified atom stereocenters. The minimum Gasteiger partial charge on any atom is -0.507 e. The molecule has 2 aromatic carbocycles. The molecule has 4 rings (SSSR count). The summed E-state index contributed by atoms with van der Waals surface area (Å²) in [7, 11) is 1.22. The molecule has 1 heterocycles. The van der Waals surface area contributed by atoms with E-state index in [2.05, 4.69) is 10.6 Å². The van der Waals surface area contributed by atoms with Gasteiger partial charge in [-0.2, -0.15) is 0 Å². The number of hydrogen-bond donors (Lipinski definition) is 8. The lowest BCUT2D eigenvalue weighted by Gasteiger charge is -2.28. The standard InChI is InChI=1S/C32H36N2O10S/c1-13-8-20-24(21-9-14(2)26(39)16(4)29(21)44-28(20)15(3)25(13)38)18-7-6-17(10-19(18)31(41)42)34-32(45)33-11-22(36)27(40)30(43-5)23(37)12-35/h6-10,22-23,27,30,35-38,40H,11-12H2,1-5H3,(H,41,42)(H2,33,34,45). The Balaban J connectivity index is 1.74. The van der Waals surface area contributed by atoms with Crippen LogP contribution in [0, 0.1) is 27.7 Å². The van der Waals surface area contributed by atoms with Gasteiger partial charge in [-0.1, -0.05) is 6.07 Å². The molecule has 2 aliphatic rings. The van der Waals surface area contributed by atoms with E-state index in [0.717, 1.165) is 0 Å². The molecule has 0 saturated carbocycles. The van der Waals surface area contributed by atoms with Gasteiger partial charge in [0.25, 0.3) is 0 Å². The van der Waals surface area contributed by atoms with Gasteiger partial charge < -0.3 is 50.4 Å². The number of carboxylic acids is 1. The smallest absolute Gasteiger partial charge is 0.336 e. The summed E-state index contributed by atoms with van der Waals surface area (Å²) >= 11 is 5.30. The molecule has 0 aromatic heterocycles. The number of thiocarbonyl (C=S) groups is 1. The highest BCUT2D eigenvalue weighted by molar-refractivity contribution is 7.80. The van der Waals surface area contributed by atoms with E-state index in [0.29, 0.717) is 55.6 Å². The van der Waals surface area contributed by atoms with Crippen LogP contribution in [0.25, 0.3) is 33.4 Å². The number of aliphatic hydroxyl groups is 4. The van der Waals surface area contributed by atoms with Crippen LogP contribution in [-0.2, 0) is 4.74 Å². The summed E-state index contributed by atoms with van der Waals surface area (Å²) in [5, 5.41) is 66.7. The number of aromatic carboxylic acids is 1. The van der Waals surface area contributed by atoms with Gasteiger partial charge in [-0.15, -0.1) is 0 Å². The first-order valence-electron chi connectivity index (χ1n) is 14.0. The molecule has 0 amide bonds. The van der Waals surface area contributed by atoms with Gasteiger partial charge in [-0.25, -0.2) is 4.79 Å². The third-order valence-corrected chi connectivity index (χ3v) is 8.13. The summed E-state index contributed by atoms with van der Waals surface area (Å²) in [5.41, 5.74) is 3.56. The molecule has 8 N–H and O–H groups in total. The molecule has 45 heavy (non-hydrogen) atoms. The number of aryl methyl sites for hydroxylation is 3. The van der Waals surface area contributed by atoms with Crippen LogP contribution >= 0.6 is 12.2 Å². The van der Waals surface area contributed by atoms with Gasteiger partial charge in [0.2, 0.25) is 0 Å². The molecule has 240 valence electrons. The first-order chi connectivity index (χ1) is 21.2. The maximum atomic E-state index is 12.8. The summed E-state index contributed by atoms with van der Waals surface area (Å²) in [4.78, 5) is 25.5. The van der Waals surface area contributed by atoms with Crippen LogP contribution in [0.2, 0.25) is 0 Å². The lowest BCUT2D eigenvalue weighted by Crippen LogP contribution is -2.50. The molecule has 0 radical (unpaired) electrons. The summed E-state index contributed by atoms with van der Waals surface area (Å²) in [6, 6.07) is 8.00. The van der Waals surface area contributed by atoms with E-state index >= 15 is 0 Å². The van der Waals surface area contributed by atoms with Crippen LogP contribution in [0.15, 0.2) is 39.5 Å². The van der Waals surface area contributed by atoms with Crippen LogP contribution in [-0.4, -0.2) is 86.4 Å².